The van der Waals surface area contributed by atoms with Crippen molar-refractivity contribution >= 4 is 34.6 Å². The topological polar surface area (TPSA) is 75.5 Å². The fourth-order valence-corrected chi connectivity index (χ4v) is 3.08. The standard InChI is InChI=1S/C13H16N4O2S.ClH/c1-8-2-3-14-7-10(8)16-11(18)9-6-15-13-17(12(9)19)4-5-20-13;/h4-6,8,10,14H,2-3,7H2,1H3,(H,16,18);1H. The van der Waals surface area contributed by atoms with Crippen molar-refractivity contribution in [3.05, 3.63) is 33.7 Å². The highest BCUT2D eigenvalue weighted by molar-refractivity contribution is 7.15. The van der Waals surface area contributed by atoms with E-state index >= 15 is 0 Å². The number of hydrogen-bond acceptors (Lipinski definition) is 5. The zero-order chi connectivity index (χ0) is 14.1. The van der Waals surface area contributed by atoms with E-state index in [4.69, 9.17) is 0 Å². The summed E-state index contributed by atoms with van der Waals surface area (Å²) in [6.45, 7) is 3.82. The van der Waals surface area contributed by atoms with Crippen molar-refractivity contribution in [2.75, 3.05) is 13.1 Å². The molecule has 2 unspecified atom stereocenters. The van der Waals surface area contributed by atoms with E-state index in [0.29, 0.717) is 10.9 Å². The molecule has 1 aliphatic rings. The van der Waals surface area contributed by atoms with Crippen LogP contribution in [0.3, 0.4) is 0 Å². The smallest absolute Gasteiger partial charge is 0.271 e. The van der Waals surface area contributed by atoms with Gasteiger partial charge in [0.05, 0.1) is 0 Å². The average molecular weight is 329 g/mol. The molecule has 1 amide bonds. The lowest BCUT2D eigenvalue weighted by Crippen LogP contribution is -2.51. The number of aromatic nitrogens is 2. The summed E-state index contributed by atoms with van der Waals surface area (Å²) in [5.74, 6) is 0.0597. The molecule has 21 heavy (non-hydrogen) atoms. The van der Waals surface area contributed by atoms with Crippen LogP contribution in [0.2, 0.25) is 0 Å². The lowest BCUT2D eigenvalue weighted by molar-refractivity contribution is 0.0913. The van der Waals surface area contributed by atoms with Gasteiger partial charge in [-0.25, -0.2) is 4.98 Å². The minimum absolute atomic E-state index is 0. The Balaban J connectivity index is 0.00000161. The van der Waals surface area contributed by atoms with E-state index in [2.05, 4.69) is 22.5 Å². The number of rotatable bonds is 2. The molecule has 2 aromatic heterocycles. The summed E-state index contributed by atoms with van der Waals surface area (Å²) in [5.41, 5.74) is -0.219. The second kappa shape index (κ2) is 6.55. The van der Waals surface area contributed by atoms with Gasteiger partial charge in [-0.1, -0.05) is 6.92 Å². The van der Waals surface area contributed by atoms with Crippen molar-refractivity contribution < 1.29 is 4.79 Å². The van der Waals surface area contributed by atoms with Crippen LogP contribution in [0.1, 0.15) is 23.7 Å². The van der Waals surface area contributed by atoms with Gasteiger partial charge in [-0.3, -0.25) is 14.0 Å². The monoisotopic (exact) mass is 328 g/mol. The normalized spacial score (nSPS) is 21.8. The molecule has 0 saturated carbocycles. The lowest BCUT2D eigenvalue weighted by Gasteiger charge is -2.30. The molecule has 0 radical (unpaired) electrons. The van der Waals surface area contributed by atoms with Crippen molar-refractivity contribution in [1.29, 1.82) is 0 Å². The van der Waals surface area contributed by atoms with Gasteiger partial charge in [-0.2, -0.15) is 0 Å². The Morgan fingerprint density at radius 2 is 2.38 bits per heavy atom. The summed E-state index contributed by atoms with van der Waals surface area (Å²) in [7, 11) is 0. The van der Waals surface area contributed by atoms with Crippen LogP contribution in [-0.2, 0) is 0 Å². The molecule has 2 N–H and O–H groups in total. The highest BCUT2D eigenvalue weighted by atomic mass is 35.5. The van der Waals surface area contributed by atoms with E-state index < -0.39 is 0 Å². The molecular weight excluding hydrogens is 312 g/mol. The van der Waals surface area contributed by atoms with E-state index in [1.165, 1.54) is 21.9 Å². The van der Waals surface area contributed by atoms with E-state index in [9.17, 15) is 9.59 Å². The zero-order valence-corrected chi connectivity index (χ0v) is 13.2. The summed E-state index contributed by atoms with van der Waals surface area (Å²) in [6, 6.07) is 0.0545. The number of nitrogens with zero attached hydrogens (tertiary/aromatic N) is 2. The zero-order valence-electron chi connectivity index (χ0n) is 11.5. The van der Waals surface area contributed by atoms with Crippen LogP contribution in [0.15, 0.2) is 22.6 Å². The van der Waals surface area contributed by atoms with Crippen LogP contribution >= 0.6 is 23.7 Å². The Kier molecular flexibility index (Phi) is 4.97. The maximum atomic E-state index is 12.3. The van der Waals surface area contributed by atoms with Gasteiger partial charge in [0, 0.05) is 30.4 Å². The number of carbonyl (C=O) groups excluding carboxylic acids is 1. The quantitative estimate of drug-likeness (QED) is 0.859. The lowest BCUT2D eigenvalue weighted by atomic mass is 9.94. The van der Waals surface area contributed by atoms with E-state index in [1.54, 1.807) is 11.6 Å². The molecule has 8 heteroatoms. The van der Waals surface area contributed by atoms with E-state index in [1.807, 2.05) is 0 Å². The van der Waals surface area contributed by atoms with Crippen LogP contribution < -0.4 is 16.2 Å². The highest BCUT2D eigenvalue weighted by Gasteiger charge is 2.24. The van der Waals surface area contributed by atoms with Crippen molar-refractivity contribution in [2.24, 2.45) is 5.92 Å². The van der Waals surface area contributed by atoms with E-state index in [0.717, 1.165) is 19.5 Å². The molecule has 0 aliphatic carbocycles. The Hall–Kier alpha value is -1.44. The number of piperidine rings is 1. The predicted octanol–water partition coefficient (Wildman–Crippen LogP) is 0.906. The third kappa shape index (κ3) is 3.09. The Bertz CT molecular complexity index is 699. The van der Waals surface area contributed by atoms with Crippen LogP contribution in [0, 0.1) is 5.92 Å². The van der Waals surface area contributed by atoms with Gasteiger partial charge in [-0.15, -0.1) is 23.7 Å². The van der Waals surface area contributed by atoms with Gasteiger partial charge in [0.15, 0.2) is 4.96 Å². The number of nitrogens with one attached hydrogen (secondary N) is 2. The summed E-state index contributed by atoms with van der Waals surface area (Å²) in [6.07, 6.45) is 4.02. The molecule has 3 heterocycles. The van der Waals surface area contributed by atoms with Crippen molar-refractivity contribution in [1.82, 2.24) is 20.0 Å². The third-order valence-electron chi connectivity index (χ3n) is 3.73. The highest BCUT2D eigenvalue weighted by Crippen LogP contribution is 2.12. The van der Waals surface area contributed by atoms with Crippen molar-refractivity contribution in [2.45, 2.75) is 19.4 Å². The maximum Gasteiger partial charge on any atom is 0.271 e. The molecule has 2 aromatic rings. The molecule has 1 fully saturated rings. The summed E-state index contributed by atoms with van der Waals surface area (Å²) in [5, 5.41) is 7.96. The van der Waals surface area contributed by atoms with E-state index in [-0.39, 0.29) is 35.5 Å². The van der Waals surface area contributed by atoms with Crippen LogP contribution in [0.5, 0.6) is 0 Å². The molecule has 2 atom stereocenters. The molecule has 6 nitrogen and oxygen atoms in total. The molecule has 0 aromatic carbocycles. The van der Waals surface area contributed by atoms with Gasteiger partial charge >= 0.3 is 0 Å². The molecule has 114 valence electrons. The van der Waals surface area contributed by atoms with Crippen LogP contribution in [0.4, 0.5) is 0 Å². The summed E-state index contributed by atoms with van der Waals surface area (Å²) in [4.78, 5) is 29.2. The summed E-state index contributed by atoms with van der Waals surface area (Å²) >= 11 is 1.37. The minimum atomic E-state index is -0.344. The molecule has 0 spiro atoms. The SMILES string of the molecule is CC1CCNCC1NC(=O)c1cnc2sccn2c1=O.Cl. The number of carbonyl (C=O) groups is 1. The fraction of sp³-hybridized carbons (Fsp3) is 0.462. The number of fused-ring (bicyclic) bond motifs is 1. The Morgan fingerprint density at radius 3 is 3.14 bits per heavy atom. The fourth-order valence-electron chi connectivity index (χ4n) is 2.41. The molecule has 3 rings (SSSR count). The van der Waals surface area contributed by atoms with Gasteiger partial charge in [0.2, 0.25) is 0 Å². The molecular formula is C13H17ClN4O2S. The van der Waals surface area contributed by atoms with Gasteiger partial charge in [0.1, 0.15) is 5.56 Å². The van der Waals surface area contributed by atoms with Crippen LogP contribution in [-0.4, -0.2) is 34.4 Å². The maximum absolute atomic E-state index is 12.3. The van der Waals surface area contributed by atoms with Gasteiger partial charge in [-0.05, 0) is 18.9 Å². The second-order valence-electron chi connectivity index (χ2n) is 5.08. The second-order valence-corrected chi connectivity index (χ2v) is 5.96. The third-order valence-corrected chi connectivity index (χ3v) is 4.50. The largest absolute Gasteiger partial charge is 0.348 e. The number of amides is 1. The Morgan fingerprint density at radius 1 is 1.57 bits per heavy atom. The average Bonchev–Trinajstić information content (AvgIpc) is 2.91. The summed E-state index contributed by atoms with van der Waals surface area (Å²) < 4.78 is 1.40. The molecule has 0 bridgehead atoms. The number of hydrogen-bond donors (Lipinski definition) is 2. The van der Waals surface area contributed by atoms with Gasteiger partial charge < -0.3 is 10.6 Å². The first-order chi connectivity index (χ1) is 9.66. The molecule has 1 saturated heterocycles. The number of thiazole rings is 1. The first-order valence-electron chi connectivity index (χ1n) is 6.63. The van der Waals surface area contributed by atoms with Gasteiger partial charge in [0.25, 0.3) is 11.5 Å². The first-order valence-corrected chi connectivity index (χ1v) is 7.51. The first kappa shape index (κ1) is 15.9. The van der Waals surface area contributed by atoms with Crippen LogP contribution in [0.25, 0.3) is 4.96 Å². The van der Waals surface area contributed by atoms with Crippen molar-refractivity contribution in [3.8, 4) is 0 Å². The minimum Gasteiger partial charge on any atom is -0.348 e. The van der Waals surface area contributed by atoms with Crippen molar-refractivity contribution in [3.63, 3.8) is 0 Å². The molecule has 1 aliphatic heterocycles. The number of halogens is 1. The predicted molar refractivity (Wildman–Crippen MR) is 84.5 cm³/mol. The Labute approximate surface area is 132 Å².